The number of nitrogens with zero attached hydrogens (tertiary/aromatic N) is 2. The summed E-state index contributed by atoms with van der Waals surface area (Å²) in [6.45, 7) is 1.47. The summed E-state index contributed by atoms with van der Waals surface area (Å²) >= 11 is 0. The molecule has 5 rings (SSSR count). The second-order valence-corrected chi connectivity index (χ2v) is 7.83. The Bertz CT molecular complexity index is 1250. The number of hydrogen-bond acceptors (Lipinski definition) is 4. The van der Waals surface area contributed by atoms with Gasteiger partial charge >= 0.3 is 6.18 Å². The molecule has 1 atom stereocenters. The second-order valence-electron chi connectivity index (χ2n) is 7.83. The molecule has 1 aliphatic rings. The zero-order chi connectivity index (χ0) is 22.1. The maximum Gasteiger partial charge on any atom is 0.416 e. The highest BCUT2D eigenvalue weighted by molar-refractivity contribution is 6.02. The summed E-state index contributed by atoms with van der Waals surface area (Å²) in [5, 5.41) is 3.40. The van der Waals surface area contributed by atoms with Crippen LogP contribution >= 0.6 is 12.4 Å². The zero-order valence-electron chi connectivity index (χ0n) is 17.5. The van der Waals surface area contributed by atoms with Crippen LogP contribution in [0.5, 0.6) is 5.75 Å². The lowest BCUT2D eigenvalue weighted by Crippen LogP contribution is -2.28. The highest BCUT2D eigenvalue weighted by atomic mass is 35.5. The summed E-state index contributed by atoms with van der Waals surface area (Å²) in [7, 11) is 0. The molecular weight excluding hydrogens is 453 g/mol. The number of halogens is 4. The monoisotopic (exact) mass is 474 g/mol. The SMILES string of the molecule is Cl.FC(F)(F)c1cccc(-c2c(-c3ccncc3OC[C@@H]3CCCN3)[nH]c3cccnc23)c1. The molecule has 9 heteroatoms. The molecule has 4 aromatic rings. The Balaban J connectivity index is 0.00000259. The van der Waals surface area contributed by atoms with Crippen molar-refractivity contribution in [1.29, 1.82) is 0 Å². The Hall–Kier alpha value is -3.10. The van der Waals surface area contributed by atoms with Crippen molar-refractivity contribution in [2.24, 2.45) is 0 Å². The number of benzene rings is 1. The standard InChI is InChI=1S/C24H21F3N4O.ClH/c25-24(26,27)16-5-1-4-15(12-16)21-22(31-19-7-3-10-30-23(19)21)18-8-11-28-13-20(18)32-14-17-6-2-9-29-17;/h1,3-5,7-8,10-13,17,29,31H,2,6,9,14H2;1H/t17-;/m0./s1. The first-order valence-corrected chi connectivity index (χ1v) is 10.5. The van der Waals surface area contributed by atoms with Crippen LogP contribution in [0.1, 0.15) is 18.4 Å². The number of pyridine rings is 2. The van der Waals surface area contributed by atoms with Gasteiger partial charge in [0.1, 0.15) is 12.4 Å². The predicted molar refractivity (Wildman–Crippen MR) is 124 cm³/mol. The van der Waals surface area contributed by atoms with Gasteiger partial charge in [-0.2, -0.15) is 13.2 Å². The predicted octanol–water partition coefficient (Wildman–Crippen LogP) is 5.86. The van der Waals surface area contributed by atoms with E-state index in [4.69, 9.17) is 4.74 Å². The van der Waals surface area contributed by atoms with Crippen LogP contribution in [0, 0.1) is 0 Å². The van der Waals surface area contributed by atoms with Crippen LogP contribution < -0.4 is 10.1 Å². The number of alkyl halides is 3. The van der Waals surface area contributed by atoms with Crippen molar-refractivity contribution >= 4 is 23.4 Å². The molecule has 1 aliphatic heterocycles. The topological polar surface area (TPSA) is 62.8 Å². The van der Waals surface area contributed by atoms with Crippen LogP contribution in [0.2, 0.25) is 0 Å². The fraction of sp³-hybridized carbons (Fsp3) is 0.250. The van der Waals surface area contributed by atoms with E-state index in [0.29, 0.717) is 34.7 Å². The van der Waals surface area contributed by atoms with E-state index in [1.165, 1.54) is 6.07 Å². The van der Waals surface area contributed by atoms with Crippen molar-refractivity contribution in [3.8, 4) is 28.1 Å². The van der Waals surface area contributed by atoms with Crippen LogP contribution in [0.3, 0.4) is 0 Å². The molecule has 0 saturated carbocycles. The second kappa shape index (κ2) is 9.41. The molecule has 33 heavy (non-hydrogen) atoms. The van der Waals surface area contributed by atoms with E-state index in [-0.39, 0.29) is 18.4 Å². The number of aromatic amines is 1. The maximum atomic E-state index is 13.4. The number of fused-ring (bicyclic) bond motifs is 1. The third-order valence-corrected chi connectivity index (χ3v) is 5.69. The van der Waals surface area contributed by atoms with Crippen LogP contribution in [-0.2, 0) is 6.18 Å². The lowest BCUT2D eigenvalue weighted by atomic mass is 9.98. The van der Waals surface area contributed by atoms with E-state index in [1.807, 2.05) is 6.07 Å². The van der Waals surface area contributed by atoms with Gasteiger partial charge in [0, 0.05) is 29.6 Å². The molecule has 172 valence electrons. The molecule has 0 unspecified atom stereocenters. The van der Waals surface area contributed by atoms with Gasteiger partial charge in [0.2, 0.25) is 0 Å². The zero-order valence-corrected chi connectivity index (χ0v) is 18.3. The molecule has 1 fully saturated rings. The molecular formula is C24H22ClF3N4O. The van der Waals surface area contributed by atoms with E-state index in [9.17, 15) is 13.2 Å². The smallest absolute Gasteiger partial charge is 0.416 e. The van der Waals surface area contributed by atoms with Gasteiger partial charge < -0.3 is 15.0 Å². The Morgan fingerprint density at radius 3 is 2.76 bits per heavy atom. The quantitative estimate of drug-likeness (QED) is 0.380. The molecule has 3 aromatic heterocycles. The Labute approximate surface area is 194 Å². The van der Waals surface area contributed by atoms with Crippen molar-refractivity contribution in [3.63, 3.8) is 0 Å². The molecule has 1 aromatic carbocycles. The fourth-order valence-electron chi connectivity index (χ4n) is 4.15. The first-order valence-electron chi connectivity index (χ1n) is 10.5. The molecule has 2 N–H and O–H groups in total. The largest absolute Gasteiger partial charge is 0.490 e. The lowest BCUT2D eigenvalue weighted by Gasteiger charge is -2.15. The molecule has 0 spiro atoms. The minimum Gasteiger partial charge on any atom is -0.490 e. The van der Waals surface area contributed by atoms with Gasteiger partial charge in [0.15, 0.2) is 0 Å². The molecule has 0 radical (unpaired) electrons. The average Bonchev–Trinajstić information content (AvgIpc) is 3.45. The third kappa shape index (κ3) is 4.67. The number of H-pyrrole nitrogens is 1. The Morgan fingerprint density at radius 1 is 1.09 bits per heavy atom. The van der Waals surface area contributed by atoms with E-state index >= 15 is 0 Å². The van der Waals surface area contributed by atoms with Crippen molar-refractivity contribution in [2.45, 2.75) is 25.1 Å². The van der Waals surface area contributed by atoms with Gasteiger partial charge in [-0.15, -0.1) is 12.4 Å². The van der Waals surface area contributed by atoms with Crippen molar-refractivity contribution in [1.82, 2.24) is 20.3 Å². The van der Waals surface area contributed by atoms with Gasteiger partial charge in [-0.3, -0.25) is 9.97 Å². The van der Waals surface area contributed by atoms with Crippen molar-refractivity contribution in [2.75, 3.05) is 13.2 Å². The number of rotatable bonds is 5. The van der Waals surface area contributed by atoms with Crippen molar-refractivity contribution < 1.29 is 17.9 Å². The first kappa shape index (κ1) is 23.1. The first-order chi connectivity index (χ1) is 15.5. The highest BCUT2D eigenvalue weighted by Gasteiger charge is 2.31. The molecule has 5 nitrogen and oxygen atoms in total. The fourth-order valence-corrected chi connectivity index (χ4v) is 4.15. The summed E-state index contributed by atoms with van der Waals surface area (Å²) in [5.74, 6) is 0.570. The number of ether oxygens (including phenoxy) is 1. The summed E-state index contributed by atoms with van der Waals surface area (Å²) < 4.78 is 46.3. The number of hydrogen-bond donors (Lipinski definition) is 2. The van der Waals surface area contributed by atoms with Crippen LogP contribution in [0.25, 0.3) is 33.4 Å². The average molecular weight is 475 g/mol. The number of nitrogens with one attached hydrogen (secondary N) is 2. The summed E-state index contributed by atoms with van der Waals surface area (Å²) in [6.07, 6.45) is 2.63. The lowest BCUT2D eigenvalue weighted by molar-refractivity contribution is -0.137. The van der Waals surface area contributed by atoms with Gasteiger partial charge in [0.05, 0.1) is 28.5 Å². The minimum atomic E-state index is -4.44. The van der Waals surface area contributed by atoms with E-state index in [2.05, 4.69) is 20.3 Å². The molecule has 1 saturated heterocycles. The van der Waals surface area contributed by atoms with E-state index in [1.54, 1.807) is 36.8 Å². The van der Waals surface area contributed by atoms with Crippen LogP contribution in [0.4, 0.5) is 13.2 Å². The maximum absolute atomic E-state index is 13.4. The highest BCUT2D eigenvalue weighted by Crippen LogP contribution is 2.42. The molecule has 0 bridgehead atoms. The summed E-state index contributed by atoms with van der Waals surface area (Å²) in [6, 6.07) is 11.0. The minimum absolute atomic E-state index is 0. The third-order valence-electron chi connectivity index (χ3n) is 5.69. The van der Waals surface area contributed by atoms with E-state index in [0.717, 1.165) is 42.6 Å². The van der Waals surface area contributed by atoms with E-state index < -0.39 is 11.7 Å². The molecule has 0 amide bonds. The van der Waals surface area contributed by atoms with Gasteiger partial charge in [-0.1, -0.05) is 12.1 Å². The number of aromatic nitrogens is 3. The molecule has 0 aliphatic carbocycles. The molecule has 4 heterocycles. The Kier molecular flexibility index (Phi) is 6.58. The normalized spacial score (nSPS) is 16.0. The van der Waals surface area contributed by atoms with Gasteiger partial charge in [0.25, 0.3) is 0 Å². The summed E-state index contributed by atoms with van der Waals surface area (Å²) in [5.41, 5.74) is 3.03. The Morgan fingerprint density at radius 2 is 1.97 bits per heavy atom. The van der Waals surface area contributed by atoms with Gasteiger partial charge in [-0.05, 0) is 55.3 Å². The summed E-state index contributed by atoms with van der Waals surface area (Å²) in [4.78, 5) is 12.0. The van der Waals surface area contributed by atoms with Crippen molar-refractivity contribution in [3.05, 3.63) is 66.6 Å². The van der Waals surface area contributed by atoms with Crippen LogP contribution in [0.15, 0.2) is 61.1 Å². The van der Waals surface area contributed by atoms with Crippen LogP contribution in [-0.4, -0.2) is 34.1 Å². The van der Waals surface area contributed by atoms with Gasteiger partial charge in [-0.25, -0.2) is 0 Å².